The zero-order chi connectivity index (χ0) is 39.9. The summed E-state index contributed by atoms with van der Waals surface area (Å²) in [6, 6.07) is 58.3. The number of hydrogen-bond acceptors (Lipinski definition) is 2. The molecule has 0 atom stereocenters. The van der Waals surface area contributed by atoms with Crippen LogP contribution in [0.15, 0.2) is 158 Å². The van der Waals surface area contributed by atoms with Crippen LogP contribution in [0.2, 0.25) is 0 Å². The molecular formula is C53H45BIN4-. The summed E-state index contributed by atoms with van der Waals surface area (Å²) >= 11 is -0.166. The Hall–Kier alpha value is -5.99. The maximum absolute atomic E-state index is 2.64. The molecule has 288 valence electrons. The maximum atomic E-state index is 2.64. The van der Waals surface area contributed by atoms with Crippen molar-refractivity contribution in [3.63, 3.8) is 0 Å². The predicted molar refractivity (Wildman–Crippen MR) is 247 cm³/mol. The van der Waals surface area contributed by atoms with Crippen LogP contribution in [0.5, 0.6) is 0 Å². The van der Waals surface area contributed by atoms with E-state index in [-0.39, 0.29) is 27.9 Å². The molecule has 0 saturated carbocycles. The summed E-state index contributed by atoms with van der Waals surface area (Å²) in [5.41, 5.74) is 21.9. The van der Waals surface area contributed by atoms with Gasteiger partial charge in [-0.25, -0.2) is 0 Å². The van der Waals surface area contributed by atoms with E-state index in [1.54, 1.807) is 0 Å². The first-order chi connectivity index (χ1) is 29.0. The molecule has 0 N–H and O–H groups in total. The van der Waals surface area contributed by atoms with Crippen LogP contribution >= 0.6 is 0 Å². The number of rotatable bonds is 9. The van der Waals surface area contributed by atoms with Gasteiger partial charge in [0.25, 0.3) is 0 Å². The van der Waals surface area contributed by atoms with E-state index >= 15 is 0 Å². The molecule has 0 bridgehead atoms. The van der Waals surface area contributed by atoms with Crippen LogP contribution in [-0.2, 0) is 0 Å². The zero-order valence-electron chi connectivity index (χ0n) is 34.2. The van der Waals surface area contributed by atoms with Gasteiger partial charge >= 0.3 is 360 Å². The van der Waals surface area contributed by atoms with Crippen molar-refractivity contribution in [3.8, 4) is 11.4 Å². The molecule has 0 saturated heterocycles. The van der Waals surface area contributed by atoms with Crippen molar-refractivity contribution in [2.75, 3.05) is 14.2 Å². The molecule has 0 fully saturated rings. The number of anilines is 6. The van der Waals surface area contributed by atoms with E-state index in [0.717, 1.165) is 22.7 Å². The third-order valence-corrected chi connectivity index (χ3v) is 15.9. The molecule has 2 aliphatic heterocycles. The molecule has 0 aliphatic carbocycles. The van der Waals surface area contributed by atoms with Gasteiger partial charge in [-0.1, -0.05) is 0 Å². The van der Waals surface area contributed by atoms with E-state index in [1.807, 2.05) is 0 Å². The number of fused-ring (bicyclic) bond motifs is 4. The summed E-state index contributed by atoms with van der Waals surface area (Å²) in [5.74, 6) is 0. The normalized spacial score (nSPS) is 12.4. The third kappa shape index (κ3) is 5.35. The van der Waals surface area contributed by atoms with Crippen LogP contribution in [0.25, 0.3) is 33.2 Å². The molecule has 9 aromatic rings. The van der Waals surface area contributed by atoms with Crippen LogP contribution in [0, 0.1) is 31.3 Å². The zero-order valence-corrected chi connectivity index (χ0v) is 36.3. The number of aryl methyl sites for hydroxylation is 2. The number of alkyl halides is 1. The van der Waals surface area contributed by atoms with E-state index in [0.29, 0.717) is 0 Å². The first kappa shape index (κ1) is 36.1. The second kappa shape index (κ2) is 14.1. The van der Waals surface area contributed by atoms with Gasteiger partial charge in [0, 0.05) is 0 Å². The SMILES string of the molecule is CCC[I-]c1cc2c3c(c1)-n1c(C)c(C)c4c(N(c5ccccc5)c5ccccc5)ccc(c41)B3c1ccc(N(c3ccccc3)c3ccccc3)c3c(C)c(C)n-2c13. The van der Waals surface area contributed by atoms with E-state index in [9.17, 15) is 0 Å². The van der Waals surface area contributed by atoms with Gasteiger partial charge in [-0.2, -0.15) is 0 Å². The molecule has 11 rings (SSSR count). The van der Waals surface area contributed by atoms with E-state index in [4.69, 9.17) is 0 Å². The Kier molecular flexibility index (Phi) is 8.63. The Morgan fingerprint density at radius 2 is 0.864 bits per heavy atom. The van der Waals surface area contributed by atoms with Gasteiger partial charge in [0.05, 0.1) is 0 Å². The standard InChI is InChI=1S/C53H45BIN4/c1-6-31-55-38-32-47-51-48(33-38)57-37(5)35(3)50-46(59(41-23-15-9-16-24-41)42-25-17-10-18-26-42)30-28-44(53(50)57)54(51)43-27-29-45(49-34(2)36(4)56(47)52(43)49)58(39-19-11-7-12-20-39)40-21-13-8-14-22-40/h7-30,32-33H,6,31H2,1-5H3/q-1. The minimum absolute atomic E-state index is 0.0812. The molecule has 4 nitrogen and oxygen atoms in total. The monoisotopic (exact) mass is 875 g/mol. The van der Waals surface area contributed by atoms with Crippen LogP contribution < -0.4 is 47.4 Å². The van der Waals surface area contributed by atoms with E-state index in [2.05, 4.69) is 211 Å². The topological polar surface area (TPSA) is 16.3 Å². The van der Waals surface area contributed by atoms with Crippen molar-refractivity contribution in [3.05, 3.63) is 184 Å². The van der Waals surface area contributed by atoms with Crippen molar-refractivity contribution in [2.24, 2.45) is 0 Å². The van der Waals surface area contributed by atoms with Crippen molar-refractivity contribution in [2.45, 2.75) is 41.0 Å². The molecule has 2 aliphatic rings. The molecule has 0 radical (unpaired) electrons. The summed E-state index contributed by atoms with van der Waals surface area (Å²) in [5, 5.41) is 2.66. The summed E-state index contributed by atoms with van der Waals surface area (Å²) in [6.07, 6.45) is 1.21. The quantitative estimate of drug-likeness (QED) is 0.0822. The second-order valence-electron chi connectivity index (χ2n) is 16.0. The van der Waals surface area contributed by atoms with Crippen molar-refractivity contribution in [1.29, 1.82) is 0 Å². The van der Waals surface area contributed by atoms with Gasteiger partial charge in [-0.05, 0) is 0 Å². The molecule has 6 heteroatoms. The van der Waals surface area contributed by atoms with Gasteiger partial charge in [-0.15, -0.1) is 0 Å². The van der Waals surface area contributed by atoms with Crippen LogP contribution in [0.3, 0.4) is 0 Å². The Morgan fingerprint density at radius 3 is 1.22 bits per heavy atom. The molecule has 59 heavy (non-hydrogen) atoms. The first-order valence-corrected chi connectivity index (χ1v) is 23.4. The van der Waals surface area contributed by atoms with Crippen LogP contribution in [0.1, 0.15) is 35.9 Å². The van der Waals surface area contributed by atoms with Crippen molar-refractivity contribution in [1.82, 2.24) is 9.13 Å². The Morgan fingerprint density at radius 1 is 0.492 bits per heavy atom. The average Bonchev–Trinajstić information content (AvgIpc) is 3.71. The van der Waals surface area contributed by atoms with Crippen molar-refractivity contribution >= 4 is 79.0 Å². The van der Waals surface area contributed by atoms with Crippen LogP contribution in [-0.4, -0.2) is 20.3 Å². The molecule has 2 aromatic heterocycles. The number of aromatic nitrogens is 2. The molecule has 0 unspecified atom stereocenters. The molecule has 0 amide bonds. The summed E-state index contributed by atoms with van der Waals surface area (Å²) in [4.78, 5) is 4.90. The van der Waals surface area contributed by atoms with Gasteiger partial charge in [-0.3, -0.25) is 0 Å². The van der Waals surface area contributed by atoms with Crippen LogP contribution in [0.4, 0.5) is 34.1 Å². The van der Waals surface area contributed by atoms with E-state index < -0.39 is 0 Å². The number of nitrogens with zero attached hydrogens (tertiary/aromatic N) is 4. The van der Waals surface area contributed by atoms with Gasteiger partial charge in [0.2, 0.25) is 0 Å². The summed E-state index contributed by atoms with van der Waals surface area (Å²) < 4.78 is 8.06. The molecule has 0 spiro atoms. The van der Waals surface area contributed by atoms with Gasteiger partial charge in [0.15, 0.2) is 0 Å². The number of halogens is 1. The number of para-hydroxylation sites is 4. The first-order valence-electron chi connectivity index (χ1n) is 20.8. The second-order valence-corrected chi connectivity index (χ2v) is 19.1. The fourth-order valence-corrected chi connectivity index (χ4v) is 12.3. The summed E-state index contributed by atoms with van der Waals surface area (Å²) in [7, 11) is 0. The van der Waals surface area contributed by atoms with Gasteiger partial charge < -0.3 is 0 Å². The molecular weight excluding hydrogens is 830 g/mol. The minimum atomic E-state index is -0.166. The Labute approximate surface area is 357 Å². The average molecular weight is 876 g/mol. The molecule has 4 heterocycles. The van der Waals surface area contributed by atoms with E-state index in [1.165, 1.54) is 97.9 Å². The fraction of sp³-hybridized carbons (Fsp3) is 0.132. The number of hydrogen-bond donors (Lipinski definition) is 0. The molecule has 7 aromatic carbocycles. The third-order valence-electron chi connectivity index (χ3n) is 12.8. The Balaban J connectivity index is 1.24. The summed E-state index contributed by atoms with van der Waals surface area (Å²) in [6.45, 7) is 11.8. The number of benzene rings is 7. The van der Waals surface area contributed by atoms with Crippen molar-refractivity contribution < 1.29 is 21.2 Å². The Bertz CT molecular complexity index is 2800. The predicted octanol–water partition coefficient (Wildman–Crippen LogP) is 8.56. The van der Waals surface area contributed by atoms with Gasteiger partial charge in [0.1, 0.15) is 0 Å². The fourth-order valence-electron chi connectivity index (χ4n) is 10.1.